The standard InChI is InChI=1S/C14H15NO/c1-10-4-3-5-11(6-10)12-7-13(15)9-14(8-12)16-2/h3-9H,15H2,1-2H3. The van der Waals surface area contributed by atoms with Crippen molar-refractivity contribution in [2.45, 2.75) is 6.92 Å². The van der Waals surface area contributed by atoms with E-state index in [1.807, 2.05) is 24.3 Å². The zero-order valence-corrected chi connectivity index (χ0v) is 9.53. The van der Waals surface area contributed by atoms with E-state index in [1.165, 1.54) is 5.56 Å². The fraction of sp³-hybridized carbons (Fsp3) is 0.143. The lowest BCUT2D eigenvalue weighted by molar-refractivity contribution is 0.415. The smallest absolute Gasteiger partial charge is 0.121 e. The first kappa shape index (κ1) is 10.6. The molecular formula is C14H15NO. The minimum absolute atomic E-state index is 0.718. The van der Waals surface area contributed by atoms with Crippen molar-refractivity contribution in [1.82, 2.24) is 0 Å². The van der Waals surface area contributed by atoms with Crippen LogP contribution in [-0.2, 0) is 0 Å². The van der Waals surface area contributed by atoms with Gasteiger partial charge in [-0.15, -0.1) is 0 Å². The van der Waals surface area contributed by atoms with E-state index in [-0.39, 0.29) is 0 Å². The molecule has 0 aromatic heterocycles. The molecule has 82 valence electrons. The summed E-state index contributed by atoms with van der Waals surface area (Å²) in [5, 5.41) is 0. The van der Waals surface area contributed by atoms with E-state index >= 15 is 0 Å². The molecule has 2 nitrogen and oxygen atoms in total. The Morgan fingerprint density at radius 3 is 2.50 bits per heavy atom. The molecule has 0 saturated carbocycles. The van der Waals surface area contributed by atoms with Crippen LogP contribution >= 0.6 is 0 Å². The van der Waals surface area contributed by atoms with Crippen LogP contribution in [0.25, 0.3) is 11.1 Å². The van der Waals surface area contributed by atoms with Gasteiger partial charge in [-0.1, -0.05) is 29.8 Å². The summed E-state index contributed by atoms with van der Waals surface area (Å²) < 4.78 is 5.21. The molecule has 0 aliphatic heterocycles. The van der Waals surface area contributed by atoms with Gasteiger partial charge in [0.15, 0.2) is 0 Å². The Kier molecular flexibility index (Phi) is 2.82. The SMILES string of the molecule is COc1cc(N)cc(-c2cccc(C)c2)c1. The van der Waals surface area contributed by atoms with Crippen molar-refractivity contribution in [1.29, 1.82) is 0 Å². The summed E-state index contributed by atoms with van der Waals surface area (Å²) in [5.41, 5.74) is 10.0. The number of nitrogen functional groups attached to an aromatic ring is 1. The van der Waals surface area contributed by atoms with Crippen LogP contribution in [0.2, 0.25) is 0 Å². The van der Waals surface area contributed by atoms with Gasteiger partial charge >= 0.3 is 0 Å². The van der Waals surface area contributed by atoms with Gasteiger partial charge < -0.3 is 10.5 Å². The van der Waals surface area contributed by atoms with Crippen molar-refractivity contribution < 1.29 is 4.74 Å². The maximum absolute atomic E-state index is 5.83. The molecule has 2 aromatic rings. The predicted octanol–water partition coefficient (Wildman–Crippen LogP) is 3.25. The lowest BCUT2D eigenvalue weighted by atomic mass is 10.0. The molecule has 0 amide bonds. The third-order valence-corrected chi connectivity index (χ3v) is 2.52. The molecule has 0 aliphatic carbocycles. The van der Waals surface area contributed by atoms with Crippen LogP contribution < -0.4 is 10.5 Å². The van der Waals surface area contributed by atoms with Crippen LogP contribution in [0.15, 0.2) is 42.5 Å². The van der Waals surface area contributed by atoms with Crippen LogP contribution in [0.5, 0.6) is 5.75 Å². The van der Waals surface area contributed by atoms with Crippen LogP contribution in [0.1, 0.15) is 5.56 Å². The quantitative estimate of drug-likeness (QED) is 0.777. The Labute approximate surface area is 95.7 Å². The zero-order chi connectivity index (χ0) is 11.5. The molecule has 0 spiro atoms. The van der Waals surface area contributed by atoms with E-state index in [9.17, 15) is 0 Å². The number of hydrogen-bond acceptors (Lipinski definition) is 2. The number of nitrogens with two attached hydrogens (primary N) is 1. The summed E-state index contributed by atoms with van der Waals surface area (Å²) in [6.07, 6.45) is 0. The van der Waals surface area contributed by atoms with Gasteiger partial charge in [-0.2, -0.15) is 0 Å². The normalized spacial score (nSPS) is 10.1. The monoisotopic (exact) mass is 213 g/mol. The lowest BCUT2D eigenvalue weighted by Crippen LogP contribution is -1.90. The zero-order valence-electron chi connectivity index (χ0n) is 9.53. The minimum atomic E-state index is 0.718. The third-order valence-electron chi connectivity index (χ3n) is 2.52. The number of aryl methyl sites for hydroxylation is 1. The van der Waals surface area contributed by atoms with Crippen LogP contribution in [0.4, 0.5) is 5.69 Å². The molecule has 0 atom stereocenters. The number of hydrogen-bond donors (Lipinski definition) is 1. The Bertz CT molecular complexity index is 506. The van der Waals surface area contributed by atoms with E-state index in [4.69, 9.17) is 10.5 Å². The molecule has 0 radical (unpaired) electrons. The maximum atomic E-state index is 5.83. The Morgan fingerprint density at radius 2 is 1.81 bits per heavy atom. The fourth-order valence-electron chi connectivity index (χ4n) is 1.73. The Morgan fingerprint density at radius 1 is 1.00 bits per heavy atom. The highest BCUT2D eigenvalue weighted by Crippen LogP contribution is 2.27. The van der Waals surface area contributed by atoms with E-state index in [1.54, 1.807) is 7.11 Å². The number of methoxy groups -OCH3 is 1. The summed E-state index contributed by atoms with van der Waals surface area (Å²) >= 11 is 0. The van der Waals surface area contributed by atoms with Gasteiger partial charge in [0, 0.05) is 11.8 Å². The number of rotatable bonds is 2. The summed E-state index contributed by atoms with van der Waals surface area (Å²) in [5.74, 6) is 0.788. The molecular weight excluding hydrogens is 198 g/mol. The Hall–Kier alpha value is -1.96. The van der Waals surface area contributed by atoms with Crippen LogP contribution in [0.3, 0.4) is 0 Å². The van der Waals surface area contributed by atoms with E-state index in [2.05, 4.69) is 25.1 Å². The van der Waals surface area contributed by atoms with Crippen LogP contribution in [-0.4, -0.2) is 7.11 Å². The fourth-order valence-corrected chi connectivity index (χ4v) is 1.73. The van der Waals surface area contributed by atoms with Crippen molar-refractivity contribution in [3.63, 3.8) is 0 Å². The second-order valence-corrected chi connectivity index (χ2v) is 3.86. The summed E-state index contributed by atoms with van der Waals surface area (Å²) in [7, 11) is 1.65. The second kappa shape index (κ2) is 4.27. The molecule has 0 unspecified atom stereocenters. The minimum Gasteiger partial charge on any atom is -0.497 e. The average Bonchev–Trinajstić information content (AvgIpc) is 2.28. The van der Waals surface area contributed by atoms with Gasteiger partial charge in [0.1, 0.15) is 5.75 Å². The summed E-state index contributed by atoms with van der Waals surface area (Å²) in [4.78, 5) is 0. The van der Waals surface area contributed by atoms with Crippen molar-refractivity contribution in [2.24, 2.45) is 0 Å². The highest BCUT2D eigenvalue weighted by Gasteiger charge is 2.02. The molecule has 0 heterocycles. The van der Waals surface area contributed by atoms with Crippen molar-refractivity contribution in [3.05, 3.63) is 48.0 Å². The predicted molar refractivity (Wildman–Crippen MR) is 67.6 cm³/mol. The number of ether oxygens (including phenoxy) is 1. The molecule has 0 aliphatic rings. The van der Waals surface area contributed by atoms with Gasteiger partial charge in [-0.3, -0.25) is 0 Å². The van der Waals surface area contributed by atoms with Gasteiger partial charge in [0.05, 0.1) is 7.11 Å². The number of anilines is 1. The molecule has 16 heavy (non-hydrogen) atoms. The lowest BCUT2D eigenvalue weighted by Gasteiger charge is -2.07. The maximum Gasteiger partial charge on any atom is 0.121 e. The molecule has 0 bridgehead atoms. The first-order valence-electron chi connectivity index (χ1n) is 5.20. The third kappa shape index (κ3) is 2.16. The van der Waals surface area contributed by atoms with E-state index in [0.29, 0.717) is 0 Å². The summed E-state index contributed by atoms with van der Waals surface area (Å²) in [6.45, 7) is 2.08. The van der Waals surface area contributed by atoms with Crippen LogP contribution in [0, 0.1) is 6.92 Å². The van der Waals surface area contributed by atoms with E-state index in [0.717, 1.165) is 22.6 Å². The van der Waals surface area contributed by atoms with Gasteiger partial charge in [-0.05, 0) is 30.2 Å². The highest BCUT2D eigenvalue weighted by atomic mass is 16.5. The molecule has 0 saturated heterocycles. The number of benzene rings is 2. The molecule has 0 fully saturated rings. The summed E-state index contributed by atoms with van der Waals surface area (Å²) in [6, 6.07) is 14.1. The Balaban J connectivity index is 2.51. The van der Waals surface area contributed by atoms with Crippen molar-refractivity contribution in [3.8, 4) is 16.9 Å². The van der Waals surface area contributed by atoms with Gasteiger partial charge in [0.2, 0.25) is 0 Å². The van der Waals surface area contributed by atoms with Gasteiger partial charge in [0.25, 0.3) is 0 Å². The largest absolute Gasteiger partial charge is 0.497 e. The topological polar surface area (TPSA) is 35.2 Å². The van der Waals surface area contributed by atoms with Gasteiger partial charge in [-0.25, -0.2) is 0 Å². The molecule has 2 aromatic carbocycles. The van der Waals surface area contributed by atoms with Crippen molar-refractivity contribution >= 4 is 5.69 Å². The molecule has 2 N–H and O–H groups in total. The highest BCUT2D eigenvalue weighted by molar-refractivity contribution is 5.70. The molecule has 2 rings (SSSR count). The van der Waals surface area contributed by atoms with E-state index < -0.39 is 0 Å². The average molecular weight is 213 g/mol. The van der Waals surface area contributed by atoms with Crippen molar-refractivity contribution in [2.75, 3.05) is 12.8 Å². The first-order valence-corrected chi connectivity index (χ1v) is 5.20. The molecule has 2 heteroatoms. The second-order valence-electron chi connectivity index (χ2n) is 3.86. The first-order chi connectivity index (χ1) is 7.69.